The van der Waals surface area contributed by atoms with Crippen molar-refractivity contribution in [2.24, 2.45) is 0 Å². The monoisotopic (exact) mass is 607 g/mol. The van der Waals surface area contributed by atoms with Crippen LogP contribution in [0.5, 0.6) is 0 Å². The van der Waals surface area contributed by atoms with Gasteiger partial charge in [-0.05, 0) is 6.42 Å². The number of ether oxygens (including phenoxy) is 3. The molecule has 0 bridgehead atoms. The van der Waals surface area contributed by atoms with Crippen LogP contribution in [0.15, 0.2) is 0 Å². The molecule has 1 atom stereocenters. The van der Waals surface area contributed by atoms with Crippen molar-refractivity contribution in [3.05, 3.63) is 0 Å². The van der Waals surface area contributed by atoms with Crippen molar-refractivity contribution in [1.29, 1.82) is 0 Å². The first kappa shape index (κ1) is 41.4. The Hall–Kier alpha value is -1.74. The number of quaternary nitrogens is 1. The van der Waals surface area contributed by atoms with E-state index in [1.54, 1.807) is 0 Å². The zero-order valence-electron chi connectivity index (χ0n) is 26.9. The van der Waals surface area contributed by atoms with Gasteiger partial charge in [0.05, 0.1) is 41.2 Å². The second-order valence-electron chi connectivity index (χ2n) is 12.0. The van der Waals surface area contributed by atoms with Gasteiger partial charge < -0.3 is 41.7 Å². The van der Waals surface area contributed by atoms with Crippen molar-refractivity contribution in [2.75, 3.05) is 54.6 Å². The first-order valence-corrected chi connectivity index (χ1v) is 15.9. The van der Waals surface area contributed by atoms with E-state index >= 15 is 0 Å². The second-order valence-corrected chi connectivity index (χ2v) is 12.0. The van der Waals surface area contributed by atoms with Crippen molar-refractivity contribution in [1.82, 2.24) is 10.6 Å². The Morgan fingerprint density at radius 2 is 1.12 bits per heavy atom. The molecule has 0 aliphatic heterocycles. The summed E-state index contributed by atoms with van der Waals surface area (Å²) in [5, 5.41) is 5.28. The maximum absolute atomic E-state index is 12.0. The van der Waals surface area contributed by atoms with Crippen LogP contribution in [-0.2, 0) is 19.0 Å². The van der Waals surface area contributed by atoms with E-state index in [-0.39, 0.29) is 31.6 Å². The van der Waals surface area contributed by atoms with Crippen molar-refractivity contribution in [2.45, 2.75) is 129 Å². The lowest BCUT2D eigenvalue weighted by atomic mass is 10.0. The maximum Gasteiger partial charge on any atom is 0.407 e. The van der Waals surface area contributed by atoms with E-state index in [9.17, 15) is 14.4 Å². The summed E-state index contributed by atoms with van der Waals surface area (Å²) in [5.74, 6) is -0.349. The molecule has 0 saturated carbocycles. The summed E-state index contributed by atoms with van der Waals surface area (Å²) in [4.78, 5) is 35.7. The molecular formula is C31H62ClN3O6. The topological polar surface area (TPSA) is 103 Å². The third-order valence-electron chi connectivity index (χ3n) is 6.88. The molecule has 0 spiro atoms. The average molecular weight is 608 g/mol. The van der Waals surface area contributed by atoms with Crippen molar-refractivity contribution in [3.63, 3.8) is 0 Å². The Morgan fingerprint density at radius 3 is 1.59 bits per heavy atom. The van der Waals surface area contributed by atoms with Crippen LogP contribution in [0.3, 0.4) is 0 Å². The predicted octanol–water partition coefficient (Wildman–Crippen LogP) is 3.73. The summed E-state index contributed by atoms with van der Waals surface area (Å²) >= 11 is 0. The molecule has 0 rings (SSSR count). The number of esters is 1. The summed E-state index contributed by atoms with van der Waals surface area (Å²) in [6.07, 6.45) is 20.7. The summed E-state index contributed by atoms with van der Waals surface area (Å²) in [7, 11) is 7.43. The molecule has 2 amide bonds. The lowest BCUT2D eigenvalue weighted by Crippen LogP contribution is -3.00. The molecule has 0 aromatic carbocycles. The zero-order valence-corrected chi connectivity index (χ0v) is 27.7. The quantitative estimate of drug-likeness (QED) is 0.0672. The molecule has 9 nitrogen and oxygen atoms in total. The molecule has 0 fully saturated rings. The van der Waals surface area contributed by atoms with E-state index < -0.39 is 18.2 Å². The Bertz CT molecular complexity index is 646. The molecule has 2 N–H and O–H groups in total. The summed E-state index contributed by atoms with van der Waals surface area (Å²) in [5.41, 5.74) is 0. The minimum Gasteiger partial charge on any atom is -1.00 e. The van der Waals surface area contributed by atoms with Crippen LogP contribution in [0.2, 0.25) is 0 Å². The number of amides is 2. The number of hydrogen-bond donors (Lipinski definition) is 2. The number of alkyl carbamates (subject to hydrolysis) is 2. The highest BCUT2D eigenvalue weighted by Crippen LogP contribution is 2.13. The fraction of sp³-hybridized carbons (Fsp3) is 0.903. The number of methoxy groups -OCH3 is 1. The highest BCUT2D eigenvalue weighted by molar-refractivity contribution is 5.70. The van der Waals surface area contributed by atoms with Crippen LogP contribution in [0.25, 0.3) is 0 Å². The van der Waals surface area contributed by atoms with Gasteiger partial charge in [0.25, 0.3) is 0 Å². The Kier molecular flexibility index (Phi) is 28.7. The number of nitrogens with one attached hydrogen (secondary N) is 2. The van der Waals surface area contributed by atoms with E-state index in [1.807, 2.05) is 0 Å². The molecule has 0 saturated heterocycles. The molecule has 0 aromatic rings. The minimum atomic E-state index is -0.684. The highest BCUT2D eigenvalue weighted by Gasteiger charge is 2.18. The predicted molar refractivity (Wildman–Crippen MR) is 161 cm³/mol. The van der Waals surface area contributed by atoms with Crippen LogP contribution in [-0.4, -0.2) is 83.2 Å². The van der Waals surface area contributed by atoms with E-state index in [1.165, 1.54) is 97.0 Å². The molecule has 10 heteroatoms. The number of unbranched alkanes of at least 4 members (excludes halogenated alkanes) is 15. The van der Waals surface area contributed by atoms with E-state index in [0.29, 0.717) is 19.4 Å². The van der Waals surface area contributed by atoms with Crippen molar-refractivity contribution in [3.8, 4) is 0 Å². The van der Waals surface area contributed by atoms with Gasteiger partial charge >= 0.3 is 18.2 Å². The van der Waals surface area contributed by atoms with E-state index in [2.05, 4.69) is 43.4 Å². The average Bonchev–Trinajstić information content (AvgIpc) is 2.91. The largest absolute Gasteiger partial charge is 1.00 e. The third-order valence-corrected chi connectivity index (χ3v) is 6.88. The van der Waals surface area contributed by atoms with E-state index in [4.69, 9.17) is 9.47 Å². The molecule has 0 aliphatic rings. The molecule has 0 unspecified atom stereocenters. The van der Waals surface area contributed by atoms with Gasteiger partial charge in [-0.15, -0.1) is 0 Å². The van der Waals surface area contributed by atoms with Gasteiger partial charge in [-0.3, -0.25) is 4.79 Å². The molecule has 0 radical (unpaired) electrons. The molecule has 244 valence electrons. The van der Waals surface area contributed by atoms with Crippen LogP contribution in [0.1, 0.15) is 122 Å². The fourth-order valence-corrected chi connectivity index (χ4v) is 4.41. The zero-order chi connectivity index (χ0) is 29.9. The van der Waals surface area contributed by atoms with Crippen LogP contribution >= 0.6 is 0 Å². The standard InChI is InChI=1S/C31H61N3O6.ClH/c1-6-7-8-9-10-11-12-13-14-15-16-17-18-19-20-21-24-32-30(36)40-27-28(33-31(37)38-5)26-39-29(35)23-22-25-34(2,3)4;/h28H,6-27H2,1-5H3,(H-,32,33,36,37);1H/t28-;/m0./s1. The Balaban J connectivity index is 0. The number of hydrogen-bond acceptors (Lipinski definition) is 6. The summed E-state index contributed by atoms with van der Waals surface area (Å²) in [6, 6.07) is -0.684. The van der Waals surface area contributed by atoms with Gasteiger partial charge in [-0.2, -0.15) is 0 Å². The smallest absolute Gasteiger partial charge is 0.407 e. The van der Waals surface area contributed by atoms with Crippen molar-refractivity contribution >= 4 is 18.2 Å². The Morgan fingerprint density at radius 1 is 0.659 bits per heavy atom. The maximum atomic E-state index is 12.0. The number of nitrogens with zero attached hydrogens (tertiary/aromatic N) is 1. The van der Waals surface area contributed by atoms with Gasteiger partial charge in [0.15, 0.2) is 0 Å². The van der Waals surface area contributed by atoms with Gasteiger partial charge in [0, 0.05) is 13.0 Å². The first-order chi connectivity index (χ1) is 19.2. The molecule has 0 heterocycles. The van der Waals surface area contributed by atoms with Crippen LogP contribution in [0.4, 0.5) is 9.59 Å². The van der Waals surface area contributed by atoms with Gasteiger partial charge in [-0.1, -0.05) is 103 Å². The Labute approximate surface area is 257 Å². The summed E-state index contributed by atoms with van der Waals surface area (Å²) < 4.78 is 15.9. The van der Waals surface area contributed by atoms with Crippen molar-refractivity contribution < 1.29 is 45.5 Å². The molecule has 0 aliphatic carbocycles. The molecule has 41 heavy (non-hydrogen) atoms. The third kappa shape index (κ3) is 31.0. The number of carbonyl (C=O) groups is 3. The molecular weight excluding hydrogens is 546 g/mol. The van der Waals surface area contributed by atoms with Crippen LogP contribution < -0.4 is 23.0 Å². The number of rotatable bonds is 26. The normalized spacial score (nSPS) is 11.7. The first-order valence-electron chi connectivity index (χ1n) is 15.9. The van der Waals surface area contributed by atoms with Crippen LogP contribution in [0, 0.1) is 0 Å². The molecule has 0 aromatic heterocycles. The highest BCUT2D eigenvalue weighted by atomic mass is 35.5. The number of halogens is 1. The lowest BCUT2D eigenvalue weighted by Gasteiger charge is -2.23. The van der Waals surface area contributed by atoms with Gasteiger partial charge in [-0.25, -0.2) is 9.59 Å². The SMILES string of the molecule is CCCCCCCCCCCCCCCCCCNC(=O)OC[C@H](COC(=O)CCC[N+](C)(C)C)NC(=O)OC.[Cl-]. The summed E-state index contributed by atoms with van der Waals surface area (Å²) in [6.45, 7) is 3.45. The van der Waals surface area contributed by atoms with E-state index in [0.717, 1.165) is 23.9 Å². The second kappa shape index (κ2) is 28.4. The lowest BCUT2D eigenvalue weighted by molar-refractivity contribution is -0.870. The number of carbonyl (C=O) groups excluding carboxylic acids is 3. The minimum absolute atomic E-state index is 0. The van der Waals surface area contributed by atoms with Gasteiger partial charge in [0.1, 0.15) is 19.3 Å². The van der Waals surface area contributed by atoms with Gasteiger partial charge in [0.2, 0.25) is 0 Å². The fourth-order valence-electron chi connectivity index (χ4n) is 4.41.